The van der Waals surface area contributed by atoms with Gasteiger partial charge in [0.25, 0.3) is 0 Å². The lowest BCUT2D eigenvalue weighted by molar-refractivity contribution is 0.764. The molecule has 0 bridgehead atoms. The van der Waals surface area contributed by atoms with E-state index in [-0.39, 0.29) is 0 Å². The first-order valence-electron chi connectivity index (χ1n) is 6.76. The molecule has 0 atom stereocenters. The van der Waals surface area contributed by atoms with Crippen molar-refractivity contribution in [1.29, 1.82) is 0 Å². The third kappa shape index (κ3) is 2.38. The van der Waals surface area contributed by atoms with Gasteiger partial charge in [-0.15, -0.1) is 0 Å². The van der Waals surface area contributed by atoms with Crippen molar-refractivity contribution in [2.45, 2.75) is 26.3 Å². The fourth-order valence-electron chi connectivity index (χ4n) is 2.59. The van der Waals surface area contributed by atoms with E-state index in [1.165, 1.54) is 29.0 Å². The van der Waals surface area contributed by atoms with Crippen LogP contribution in [0.3, 0.4) is 0 Å². The Kier molecular flexibility index (Phi) is 3.53. The molecule has 0 saturated heterocycles. The van der Waals surface area contributed by atoms with Crippen molar-refractivity contribution in [2.75, 3.05) is 18.5 Å². The van der Waals surface area contributed by atoms with Crippen molar-refractivity contribution in [1.82, 2.24) is 10.3 Å². The average molecular weight is 273 g/mol. The summed E-state index contributed by atoms with van der Waals surface area (Å²) in [6.45, 7) is 4.07. The van der Waals surface area contributed by atoms with Crippen LogP contribution in [-0.2, 0) is 13.0 Å². The van der Waals surface area contributed by atoms with Gasteiger partial charge in [-0.05, 0) is 38.4 Å². The highest BCUT2D eigenvalue weighted by atomic mass is 32.1. The minimum absolute atomic E-state index is 0.902. The van der Waals surface area contributed by atoms with Gasteiger partial charge in [0, 0.05) is 23.7 Å². The van der Waals surface area contributed by atoms with Gasteiger partial charge in [0.1, 0.15) is 0 Å². The molecule has 0 unspecified atom stereocenters. The molecular weight excluding hydrogens is 254 g/mol. The zero-order chi connectivity index (χ0) is 13.2. The normalized spacial score (nSPS) is 14.5. The molecule has 0 amide bonds. The summed E-state index contributed by atoms with van der Waals surface area (Å²) in [5, 5.41) is 4.35. The fraction of sp³-hybridized carbons (Fsp3) is 0.400. The molecule has 100 valence electrons. The molecule has 0 spiro atoms. The summed E-state index contributed by atoms with van der Waals surface area (Å²) in [7, 11) is 1.98. The van der Waals surface area contributed by atoms with Gasteiger partial charge in [-0.25, -0.2) is 4.98 Å². The summed E-state index contributed by atoms with van der Waals surface area (Å²) in [5.74, 6) is 0. The van der Waals surface area contributed by atoms with Crippen molar-refractivity contribution in [2.24, 2.45) is 0 Å². The van der Waals surface area contributed by atoms with E-state index in [1.807, 2.05) is 7.05 Å². The highest BCUT2D eigenvalue weighted by Crippen LogP contribution is 2.36. The summed E-state index contributed by atoms with van der Waals surface area (Å²) < 4.78 is 0. The van der Waals surface area contributed by atoms with Crippen molar-refractivity contribution in [3.8, 4) is 0 Å². The molecule has 0 aliphatic carbocycles. The maximum atomic E-state index is 4.76. The lowest BCUT2D eigenvalue weighted by Crippen LogP contribution is -2.24. The second kappa shape index (κ2) is 5.31. The van der Waals surface area contributed by atoms with Crippen LogP contribution in [0.4, 0.5) is 10.8 Å². The fourth-order valence-corrected chi connectivity index (χ4v) is 3.70. The van der Waals surface area contributed by atoms with Gasteiger partial charge >= 0.3 is 0 Å². The third-order valence-corrected chi connectivity index (χ3v) is 4.74. The number of nitrogens with zero attached hydrogens (tertiary/aromatic N) is 2. The molecule has 4 heteroatoms. The molecule has 0 fully saturated rings. The van der Waals surface area contributed by atoms with Crippen molar-refractivity contribution in [3.05, 3.63) is 40.4 Å². The summed E-state index contributed by atoms with van der Waals surface area (Å²) in [4.78, 5) is 8.46. The van der Waals surface area contributed by atoms with Crippen molar-refractivity contribution >= 4 is 22.2 Å². The second-order valence-corrected chi connectivity index (χ2v) is 5.98. The largest absolute Gasteiger partial charge is 0.318 e. The predicted octanol–water partition coefficient (Wildman–Crippen LogP) is 3.26. The Balaban J connectivity index is 1.97. The van der Waals surface area contributed by atoms with Gasteiger partial charge in [0.05, 0.1) is 5.69 Å². The molecule has 1 aliphatic heterocycles. The van der Waals surface area contributed by atoms with Crippen LogP contribution in [0.1, 0.15) is 22.6 Å². The standard InChI is InChI=1S/C15H19N3S/c1-11-14(10-16-2)19-15(17-11)18-9-5-7-12-6-3-4-8-13(12)18/h3-4,6,8,16H,5,7,9-10H2,1-2H3. The first-order chi connectivity index (χ1) is 9.29. The van der Waals surface area contributed by atoms with E-state index in [0.717, 1.165) is 23.9 Å². The van der Waals surface area contributed by atoms with E-state index in [4.69, 9.17) is 4.98 Å². The number of fused-ring (bicyclic) bond motifs is 1. The third-order valence-electron chi connectivity index (χ3n) is 3.56. The summed E-state index contributed by atoms with van der Waals surface area (Å²) in [5.41, 5.74) is 3.92. The van der Waals surface area contributed by atoms with Crippen LogP contribution in [0.2, 0.25) is 0 Å². The number of aryl methyl sites for hydroxylation is 2. The van der Waals surface area contributed by atoms with Crippen LogP contribution in [0.5, 0.6) is 0 Å². The zero-order valence-electron chi connectivity index (χ0n) is 11.4. The predicted molar refractivity (Wildman–Crippen MR) is 81.4 cm³/mol. The number of rotatable bonds is 3. The Morgan fingerprint density at radius 2 is 2.21 bits per heavy atom. The topological polar surface area (TPSA) is 28.2 Å². The van der Waals surface area contributed by atoms with E-state index in [9.17, 15) is 0 Å². The minimum Gasteiger partial charge on any atom is -0.318 e. The first-order valence-corrected chi connectivity index (χ1v) is 7.57. The Morgan fingerprint density at radius 3 is 3.05 bits per heavy atom. The maximum Gasteiger partial charge on any atom is 0.190 e. The van der Waals surface area contributed by atoms with Crippen LogP contribution in [-0.4, -0.2) is 18.6 Å². The molecule has 3 rings (SSSR count). The number of thiazole rings is 1. The van der Waals surface area contributed by atoms with E-state index in [1.54, 1.807) is 11.3 Å². The van der Waals surface area contributed by atoms with Gasteiger partial charge in [0.2, 0.25) is 0 Å². The molecule has 1 aliphatic rings. The Hall–Kier alpha value is -1.39. The minimum atomic E-state index is 0.902. The van der Waals surface area contributed by atoms with E-state index in [0.29, 0.717) is 0 Å². The smallest absolute Gasteiger partial charge is 0.190 e. The molecule has 3 nitrogen and oxygen atoms in total. The second-order valence-electron chi connectivity index (χ2n) is 4.92. The molecular formula is C15H19N3S. The van der Waals surface area contributed by atoms with Gasteiger partial charge in [0.15, 0.2) is 5.13 Å². The maximum absolute atomic E-state index is 4.76. The van der Waals surface area contributed by atoms with Crippen LogP contribution in [0.25, 0.3) is 0 Å². The Bertz CT molecular complexity index is 577. The molecule has 2 aromatic rings. The van der Waals surface area contributed by atoms with Gasteiger partial charge < -0.3 is 10.2 Å². The van der Waals surface area contributed by atoms with Crippen LogP contribution in [0, 0.1) is 6.92 Å². The Labute approximate surface area is 118 Å². The lowest BCUT2D eigenvalue weighted by Gasteiger charge is -2.28. The molecule has 2 heterocycles. The quantitative estimate of drug-likeness (QED) is 0.930. The van der Waals surface area contributed by atoms with Gasteiger partial charge in [-0.3, -0.25) is 0 Å². The Morgan fingerprint density at radius 1 is 1.37 bits per heavy atom. The SMILES string of the molecule is CNCc1sc(N2CCCc3ccccc32)nc1C. The first kappa shape index (κ1) is 12.6. The average Bonchev–Trinajstić information content (AvgIpc) is 2.80. The monoisotopic (exact) mass is 273 g/mol. The zero-order valence-corrected chi connectivity index (χ0v) is 12.3. The molecule has 0 saturated carbocycles. The summed E-state index contributed by atoms with van der Waals surface area (Å²) in [6.07, 6.45) is 2.39. The number of hydrogen-bond acceptors (Lipinski definition) is 4. The van der Waals surface area contributed by atoms with Crippen LogP contribution in [0.15, 0.2) is 24.3 Å². The van der Waals surface area contributed by atoms with E-state index >= 15 is 0 Å². The van der Waals surface area contributed by atoms with Crippen LogP contribution < -0.4 is 10.2 Å². The van der Waals surface area contributed by atoms with Gasteiger partial charge in [-0.1, -0.05) is 29.5 Å². The number of benzene rings is 1. The number of para-hydroxylation sites is 1. The van der Waals surface area contributed by atoms with E-state index < -0.39 is 0 Å². The van der Waals surface area contributed by atoms with Crippen molar-refractivity contribution < 1.29 is 0 Å². The summed E-state index contributed by atoms with van der Waals surface area (Å²) >= 11 is 1.81. The highest BCUT2D eigenvalue weighted by molar-refractivity contribution is 7.15. The van der Waals surface area contributed by atoms with Crippen LogP contribution >= 0.6 is 11.3 Å². The molecule has 0 radical (unpaired) electrons. The lowest BCUT2D eigenvalue weighted by atomic mass is 10.0. The molecule has 1 aromatic carbocycles. The highest BCUT2D eigenvalue weighted by Gasteiger charge is 2.21. The number of hydrogen-bond donors (Lipinski definition) is 1. The number of anilines is 2. The number of aromatic nitrogens is 1. The van der Waals surface area contributed by atoms with E-state index in [2.05, 4.69) is 41.4 Å². The molecule has 19 heavy (non-hydrogen) atoms. The number of nitrogens with one attached hydrogen (secondary N) is 1. The summed E-state index contributed by atoms with van der Waals surface area (Å²) in [6, 6.07) is 8.69. The molecule has 1 N–H and O–H groups in total. The van der Waals surface area contributed by atoms with Gasteiger partial charge in [-0.2, -0.15) is 0 Å². The molecule has 1 aromatic heterocycles. The van der Waals surface area contributed by atoms with Crippen molar-refractivity contribution in [3.63, 3.8) is 0 Å².